The Morgan fingerprint density at radius 2 is 0.610 bits per heavy atom. The lowest BCUT2D eigenvalue weighted by molar-refractivity contribution is -0.167. The second kappa shape index (κ2) is 48.3. The summed E-state index contributed by atoms with van der Waals surface area (Å²) in [7, 11) is 0. The highest BCUT2D eigenvalue weighted by Gasteiger charge is 2.19. The van der Waals surface area contributed by atoms with Crippen LogP contribution in [-0.4, -0.2) is 37.2 Å². The Balaban J connectivity index is 4.39. The highest BCUT2D eigenvalue weighted by atomic mass is 16.6. The van der Waals surface area contributed by atoms with E-state index in [0.29, 0.717) is 19.3 Å². The SMILES string of the molecule is CCCCCC=CCC=CCCCCCCCC(=O)OC[C@@H](COC(=O)CCCCCCCCCCCCCCC)OC(=O)CCCCCCCC=CCCCCCC. The first kappa shape index (κ1) is 56.6. The van der Waals surface area contributed by atoms with Crippen LogP contribution in [0.1, 0.15) is 265 Å². The van der Waals surface area contributed by atoms with Crippen molar-refractivity contribution in [3.05, 3.63) is 36.5 Å². The van der Waals surface area contributed by atoms with Crippen molar-refractivity contribution in [2.75, 3.05) is 13.2 Å². The Bertz CT molecular complexity index is 1000. The molecule has 0 heterocycles. The molecule has 0 saturated heterocycles. The number of hydrogen-bond acceptors (Lipinski definition) is 6. The third-order valence-electron chi connectivity index (χ3n) is 11.1. The smallest absolute Gasteiger partial charge is 0.306 e. The highest BCUT2D eigenvalue weighted by molar-refractivity contribution is 5.71. The van der Waals surface area contributed by atoms with Crippen LogP contribution in [-0.2, 0) is 28.6 Å². The van der Waals surface area contributed by atoms with Crippen LogP contribution in [0.5, 0.6) is 0 Å². The summed E-state index contributed by atoms with van der Waals surface area (Å²) in [5, 5.41) is 0. The van der Waals surface area contributed by atoms with Crippen molar-refractivity contribution in [1.29, 1.82) is 0 Å². The van der Waals surface area contributed by atoms with Gasteiger partial charge in [0.25, 0.3) is 0 Å². The van der Waals surface area contributed by atoms with Crippen molar-refractivity contribution in [2.45, 2.75) is 271 Å². The molecular formula is C53H96O6. The van der Waals surface area contributed by atoms with E-state index in [4.69, 9.17) is 14.2 Å². The lowest BCUT2D eigenvalue weighted by Gasteiger charge is -2.18. The number of ether oxygens (including phenoxy) is 3. The normalized spacial score (nSPS) is 12.3. The van der Waals surface area contributed by atoms with Gasteiger partial charge in [-0.25, -0.2) is 0 Å². The Kier molecular flexibility index (Phi) is 46.4. The Morgan fingerprint density at radius 3 is 1.00 bits per heavy atom. The van der Waals surface area contributed by atoms with Gasteiger partial charge in [-0.15, -0.1) is 0 Å². The standard InChI is InChI=1S/C53H96O6/c1-4-7-10-13-16-19-22-25-26-29-31-34-37-40-43-46-52(55)58-49-50(59-53(56)47-44-41-38-35-32-28-24-21-18-15-12-9-6-3)48-57-51(54)45-42-39-36-33-30-27-23-20-17-14-11-8-5-2/h16,19,21,24-26,50H,4-15,17-18,20,22-23,27-49H2,1-3H3/t50-/m1/s1. The zero-order valence-electron chi connectivity index (χ0n) is 39.3. The topological polar surface area (TPSA) is 78.9 Å². The molecule has 0 bridgehead atoms. The van der Waals surface area contributed by atoms with Crippen LogP contribution in [0, 0.1) is 0 Å². The Labute approximate surface area is 365 Å². The first-order chi connectivity index (χ1) is 29.0. The van der Waals surface area contributed by atoms with Gasteiger partial charge in [-0.05, 0) is 77.0 Å². The van der Waals surface area contributed by atoms with Crippen molar-refractivity contribution in [1.82, 2.24) is 0 Å². The van der Waals surface area contributed by atoms with Crippen LogP contribution in [0.25, 0.3) is 0 Å². The van der Waals surface area contributed by atoms with Gasteiger partial charge in [0, 0.05) is 19.3 Å². The zero-order chi connectivity index (χ0) is 43.0. The lowest BCUT2D eigenvalue weighted by atomic mass is 10.0. The molecule has 0 fully saturated rings. The van der Waals surface area contributed by atoms with Crippen LogP contribution >= 0.6 is 0 Å². The lowest BCUT2D eigenvalue weighted by Crippen LogP contribution is -2.30. The molecule has 0 N–H and O–H groups in total. The molecule has 0 rings (SSSR count). The molecule has 0 radical (unpaired) electrons. The molecule has 1 atom stereocenters. The minimum Gasteiger partial charge on any atom is -0.462 e. The summed E-state index contributed by atoms with van der Waals surface area (Å²) in [6.07, 6.45) is 55.5. The summed E-state index contributed by atoms with van der Waals surface area (Å²) in [6, 6.07) is 0. The maximum Gasteiger partial charge on any atom is 0.306 e. The van der Waals surface area contributed by atoms with Crippen LogP contribution < -0.4 is 0 Å². The first-order valence-corrected chi connectivity index (χ1v) is 25.5. The molecular weight excluding hydrogens is 733 g/mol. The van der Waals surface area contributed by atoms with E-state index in [1.807, 2.05) is 0 Å². The van der Waals surface area contributed by atoms with E-state index in [0.717, 1.165) is 89.9 Å². The number of allylic oxidation sites excluding steroid dienone is 6. The summed E-state index contributed by atoms with van der Waals surface area (Å²) in [6.45, 7) is 6.59. The van der Waals surface area contributed by atoms with Gasteiger partial charge in [-0.3, -0.25) is 14.4 Å². The molecule has 0 aliphatic heterocycles. The van der Waals surface area contributed by atoms with E-state index >= 15 is 0 Å². The van der Waals surface area contributed by atoms with E-state index < -0.39 is 6.10 Å². The largest absolute Gasteiger partial charge is 0.462 e. The molecule has 6 nitrogen and oxygen atoms in total. The number of esters is 3. The number of carbonyl (C=O) groups is 3. The summed E-state index contributed by atoms with van der Waals surface area (Å²) < 4.78 is 16.8. The summed E-state index contributed by atoms with van der Waals surface area (Å²) in [4.78, 5) is 37.9. The predicted octanol–water partition coefficient (Wildman–Crippen LogP) is 16.5. The number of carbonyl (C=O) groups excluding carboxylic acids is 3. The summed E-state index contributed by atoms with van der Waals surface area (Å²) in [5.74, 6) is -0.892. The van der Waals surface area contributed by atoms with Crippen molar-refractivity contribution in [2.24, 2.45) is 0 Å². The number of hydrogen-bond donors (Lipinski definition) is 0. The highest BCUT2D eigenvalue weighted by Crippen LogP contribution is 2.15. The van der Waals surface area contributed by atoms with Crippen LogP contribution in [0.15, 0.2) is 36.5 Å². The maximum atomic E-state index is 12.8. The second-order valence-electron chi connectivity index (χ2n) is 17.1. The molecule has 0 aliphatic carbocycles. The average Bonchev–Trinajstić information content (AvgIpc) is 3.23. The van der Waals surface area contributed by atoms with Crippen LogP contribution in [0.4, 0.5) is 0 Å². The third kappa shape index (κ3) is 46.5. The zero-order valence-corrected chi connectivity index (χ0v) is 39.3. The van der Waals surface area contributed by atoms with Crippen molar-refractivity contribution in [3.8, 4) is 0 Å². The van der Waals surface area contributed by atoms with Gasteiger partial charge in [0.05, 0.1) is 0 Å². The van der Waals surface area contributed by atoms with Gasteiger partial charge in [-0.1, -0.05) is 205 Å². The minimum atomic E-state index is -0.777. The van der Waals surface area contributed by atoms with E-state index in [9.17, 15) is 14.4 Å². The van der Waals surface area contributed by atoms with Gasteiger partial charge in [0.15, 0.2) is 6.10 Å². The fourth-order valence-electron chi connectivity index (χ4n) is 7.23. The molecule has 0 saturated carbocycles. The molecule has 344 valence electrons. The second-order valence-corrected chi connectivity index (χ2v) is 17.1. The molecule has 0 spiro atoms. The van der Waals surface area contributed by atoms with Gasteiger partial charge >= 0.3 is 17.9 Å². The molecule has 0 aliphatic rings. The predicted molar refractivity (Wildman–Crippen MR) is 252 cm³/mol. The fourth-order valence-corrected chi connectivity index (χ4v) is 7.23. The molecule has 0 amide bonds. The monoisotopic (exact) mass is 829 g/mol. The Morgan fingerprint density at radius 1 is 0.339 bits per heavy atom. The van der Waals surface area contributed by atoms with E-state index in [1.54, 1.807) is 0 Å². The van der Waals surface area contributed by atoms with Gasteiger partial charge in [-0.2, -0.15) is 0 Å². The fraction of sp³-hybridized carbons (Fsp3) is 0.830. The van der Waals surface area contributed by atoms with Gasteiger partial charge in [0.1, 0.15) is 13.2 Å². The van der Waals surface area contributed by atoms with Gasteiger partial charge < -0.3 is 14.2 Å². The molecule has 0 aromatic heterocycles. The molecule has 0 aromatic carbocycles. The van der Waals surface area contributed by atoms with Crippen molar-refractivity contribution < 1.29 is 28.6 Å². The third-order valence-corrected chi connectivity index (χ3v) is 11.1. The number of unbranched alkanes of at least 4 members (excludes halogenated alkanes) is 29. The molecule has 0 unspecified atom stereocenters. The first-order valence-electron chi connectivity index (χ1n) is 25.5. The quantitative estimate of drug-likeness (QED) is 0.0263. The van der Waals surface area contributed by atoms with E-state index in [1.165, 1.54) is 135 Å². The summed E-state index contributed by atoms with van der Waals surface area (Å²) in [5.41, 5.74) is 0. The maximum absolute atomic E-state index is 12.8. The van der Waals surface area contributed by atoms with Crippen molar-refractivity contribution >= 4 is 17.9 Å². The van der Waals surface area contributed by atoms with Crippen molar-refractivity contribution in [3.63, 3.8) is 0 Å². The molecule has 0 aromatic rings. The number of rotatable bonds is 46. The summed E-state index contributed by atoms with van der Waals surface area (Å²) >= 11 is 0. The molecule has 59 heavy (non-hydrogen) atoms. The molecule has 6 heteroatoms. The van der Waals surface area contributed by atoms with E-state index in [-0.39, 0.29) is 31.1 Å². The Hall–Kier alpha value is -2.37. The minimum absolute atomic E-state index is 0.0773. The van der Waals surface area contributed by atoms with E-state index in [2.05, 4.69) is 57.2 Å². The van der Waals surface area contributed by atoms with Crippen LogP contribution in [0.3, 0.4) is 0 Å². The average molecular weight is 829 g/mol. The van der Waals surface area contributed by atoms with Crippen LogP contribution in [0.2, 0.25) is 0 Å². The van der Waals surface area contributed by atoms with Gasteiger partial charge in [0.2, 0.25) is 0 Å².